The van der Waals surface area contributed by atoms with Crippen molar-refractivity contribution >= 4 is 29.1 Å². The largest absolute Gasteiger partial charge is 0.480 e. The van der Waals surface area contributed by atoms with Gasteiger partial charge in [-0.15, -0.1) is 11.3 Å². The molecule has 2 unspecified atom stereocenters. The van der Waals surface area contributed by atoms with E-state index in [1.807, 2.05) is 6.92 Å². The van der Waals surface area contributed by atoms with Crippen LogP contribution in [-0.4, -0.2) is 34.5 Å². The molecule has 6 nitrogen and oxygen atoms in total. The smallest absolute Gasteiger partial charge is 0.329 e. The minimum absolute atomic E-state index is 0.319. The standard InChI is InChI=1S/C14H20N2O4S/c1-4-7-14(3,13(19)20)16-11(17)9(2)15-12(18)10-6-5-8-21-10/h5-6,8-9H,4,7H2,1-3H3,(H,15,18)(H,16,17)(H,19,20). The monoisotopic (exact) mass is 312 g/mol. The lowest BCUT2D eigenvalue weighted by atomic mass is 9.96. The lowest BCUT2D eigenvalue weighted by Gasteiger charge is -2.27. The highest BCUT2D eigenvalue weighted by molar-refractivity contribution is 7.12. The number of aliphatic carboxylic acids is 1. The number of carboxylic acid groups (broad SMARTS) is 1. The van der Waals surface area contributed by atoms with Crippen molar-refractivity contribution in [2.45, 2.75) is 45.2 Å². The highest BCUT2D eigenvalue weighted by Crippen LogP contribution is 2.13. The molecule has 0 aromatic carbocycles. The minimum atomic E-state index is -1.33. The second kappa shape index (κ2) is 7.21. The molecule has 0 saturated heterocycles. The average molecular weight is 312 g/mol. The van der Waals surface area contributed by atoms with Crippen molar-refractivity contribution in [1.82, 2.24) is 10.6 Å². The van der Waals surface area contributed by atoms with Crippen LogP contribution in [-0.2, 0) is 9.59 Å². The molecule has 0 aliphatic carbocycles. The normalized spacial score (nSPS) is 14.8. The van der Waals surface area contributed by atoms with Crippen molar-refractivity contribution in [2.24, 2.45) is 0 Å². The third-order valence-corrected chi connectivity index (χ3v) is 3.98. The summed E-state index contributed by atoms with van der Waals surface area (Å²) in [6.07, 6.45) is 0.943. The molecule has 21 heavy (non-hydrogen) atoms. The Hall–Kier alpha value is -1.89. The molecular weight excluding hydrogens is 292 g/mol. The van der Waals surface area contributed by atoms with E-state index in [9.17, 15) is 19.5 Å². The van der Waals surface area contributed by atoms with Gasteiger partial charge in [0.25, 0.3) is 5.91 Å². The number of thiophene rings is 1. The molecule has 3 N–H and O–H groups in total. The van der Waals surface area contributed by atoms with Gasteiger partial charge in [-0.05, 0) is 31.7 Å². The van der Waals surface area contributed by atoms with Gasteiger partial charge in [0.1, 0.15) is 11.6 Å². The summed E-state index contributed by atoms with van der Waals surface area (Å²) in [5.41, 5.74) is -1.33. The highest BCUT2D eigenvalue weighted by Gasteiger charge is 2.35. The van der Waals surface area contributed by atoms with Gasteiger partial charge < -0.3 is 15.7 Å². The van der Waals surface area contributed by atoms with Gasteiger partial charge in [0.15, 0.2) is 0 Å². The highest BCUT2D eigenvalue weighted by atomic mass is 32.1. The van der Waals surface area contributed by atoms with E-state index in [0.717, 1.165) is 0 Å². The molecule has 0 bridgehead atoms. The predicted molar refractivity (Wildman–Crippen MR) is 80.3 cm³/mol. The van der Waals surface area contributed by atoms with E-state index in [1.165, 1.54) is 25.2 Å². The molecule has 1 rings (SSSR count). The number of carbonyl (C=O) groups excluding carboxylic acids is 2. The van der Waals surface area contributed by atoms with E-state index in [4.69, 9.17) is 0 Å². The first-order valence-corrected chi connectivity index (χ1v) is 7.58. The van der Waals surface area contributed by atoms with Gasteiger partial charge in [0.05, 0.1) is 4.88 Å². The topological polar surface area (TPSA) is 95.5 Å². The quantitative estimate of drug-likeness (QED) is 0.713. The molecule has 0 saturated carbocycles. The summed E-state index contributed by atoms with van der Waals surface area (Å²) in [4.78, 5) is 35.7. The van der Waals surface area contributed by atoms with Crippen LogP contribution in [0.3, 0.4) is 0 Å². The van der Waals surface area contributed by atoms with Crippen LogP contribution in [0.25, 0.3) is 0 Å². The number of carboxylic acids is 1. The Kier molecular flexibility index (Phi) is 5.90. The van der Waals surface area contributed by atoms with Crippen LogP contribution in [0.15, 0.2) is 17.5 Å². The van der Waals surface area contributed by atoms with Crippen molar-refractivity contribution in [3.63, 3.8) is 0 Å². The number of amides is 2. The van der Waals surface area contributed by atoms with E-state index in [-0.39, 0.29) is 5.91 Å². The first-order chi connectivity index (χ1) is 9.80. The number of carbonyl (C=O) groups is 3. The van der Waals surface area contributed by atoms with E-state index in [2.05, 4.69) is 10.6 Å². The van der Waals surface area contributed by atoms with Crippen molar-refractivity contribution < 1.29 is 19.5 Å². The lowest BCUT2D eigenvalue weighted by Crippen LogP contribution is -2.57. The fourth-order valence-electron chi connectivity index (χ4n) is 1.84. The zero-order valence-corrected chi connectivity index (χ0v) is 13.1. The Morgan fingerprint density at radius 3 is 2.57 bits per heavy atom. The van der Waals surface area contributed by atoms with Crippen molar-refractivity contribution in [2.75, 3.05) is 0 Å². The predicted octanol–water partition coefficient (Wildman–Crippen LogP) is 1.63. The van der Waals surface area contributed by atoms with Gasteiger partial charge in [-0.25, -0.2) is 4.79 Å². The molecular formula is C14H20N2O4S. The summed E-state index contributed by atoms with van der Waals surface area (Å²) >= 11 is 1.27. The third-order valence-electron chi connectivity index (χ3n) is 3.11. The maximum atomic E-state index is 12.1. The fraction of sp³-hybridized carbons (Fsp3) is 0.500. The number of rotatable bonds is 7. The Balaban J connectivity index is 2.65. The Morgan fingerprint density at radius 1 is 1.43 bits per heavy atom. The van der Waals surface area contributed by atoms with Gasteiger partial charge >= 0.3 is 5.97 Å². The molecule has 0 fully saturated rings. The summed E-state index contributed by atoms with van der Waals surface area (Å²) < 4.78 is 0. The van der Waals surface area contributed by atoms with Gasteiger partial charge in [-0.1, -0.05) is 19.4 Å². The molecule has 0 radical (unpaired) electrons. The van der Waals surface area contributed by atoms with Crippen molar-refractivity contribution in [3.05, 3.63) is 22.4 Å². The van der Waals surface area contributed by atoms with Crippen LogP contribution >= 0.6 is 11.3 Å². The molecule has 2 amide bonds. The summed E-state index contributed by atoms with van der Waals surface area (Å²) in [6, 6.07) is 2.59. The Morgan fingerprint density at radius 2 is 2.10 bits per heavy atom. The van der Waals surface area contributed by atoms with Crippen LogP contribution in [0.1, 0.15) is 43.3 Å². The van der Waals surface area contributed by atoms with E-state index < -0.39 is 23.5 Å². The second-order valence-electron chi connectivity index (χ2n) is 5.05. The second-order valence-corrected chi connectivity index (χ2v) is 6.00. The lowest BCUT2D eigenvalue weighted by molar-refractivity contribution is -0.147. The SMILES string of the molecule is CCCC(C)(NC(=O)C(C)NC(=O)c1cccs1)C(=O)O. The molecule has 0 spiro atoms. The van der Waals surface area contributed by atoms with Crippen LogP contribution < -0.4 is 10.6 Å². The van der Waals surface area contributed by atoms with Gasteiger partial charge in [0.2, 0.25) is 5.91 Å². The van der Waals surface area contributed by atoms with Crippen LogP contribution in [0.2, 0.25) is 0 Å². The molecule has 0 aliphatic heterocycles. The van der Waals surface area contributed by atoms with Gasteiger partial charge in [-0.3, -0.25) is 9.59 Å². The minimum Gasteiger partial charge on any atom is -0.480 e. The molecule has 116 valence electrons. The molecule has 1 aromatic heterocycles. The number of nitrogens with one attached hydrogen (secondary N) is 2. The zero-order chi connectivity index (χ0) is 16.0. The first-order valence-electron chi connectivity index (χ1n) is 6.70. The summed E-state index contributed by atoms with van der Waals surface area (Å²) in [6.45, 7) is 4.83. The summed E-state index contributed by atoms with van der Waals surface area (Å²) in [5, 5.41) is 16.0. The third kappa shape index (κ3) is 4.56. The average Bonchev–Trinajstić information content (AvgIpc) is 2.92. The summed E-state index contributed by atoms with van der Waals surface area (Å²) in [7, 11) is 0. The zero-order valence-electron chi connectivity index (χ0n) is 12.3. The van der Waals surface area contributed by atoms with E-state index in [1.54, 1.807) is 17.5 Å². The summed E-state index contributed by atoms with van der Waals surface area (Å²) in [5.74, 6) is -1.95. The fourth-order valence-corrected chi connectivity index (χ4v) is 2.47. The van der Waals surface area contributed by atoms with Crippen LogP contribution in [0.4, 0.5) is 0 Å². The Bertz CT molecular complexity index is 515. The van der Waals surface area contributed by atoms with Gasteiger partial charge in [0, 0.05) is 0 Å². The van der Waals surface area contributed by atoms with E-state index in [0.29, 0.717) is 17.7 Å². The maximum absolute atomic E-state index is 12.1. The Labute approximate surface area is 127 Å². The number of hydrogen-bond acceptors (Lipinski definition) is 4. The molecule has 0 aliphatic rings. The molecule has 7 heteroatoms. The van der Waals surface area contributed by atoms with Crippen molar-refractivity contribution in [1.29, 1.82) is 0 Å². The van der Waals surface area contributed by atoms with Crippen LogP contribution in [0.5, 0.6) is 0 Å². The van der Waals surface area contributed by atoms with Gasteiger partial charge in [-0.2, -0.15) is 0 Å². The maximum Gasteiger partial charge on any atom is 0.329 e. The number of hydrogen-bond donors (Lipinski definition) is 3. The van der Waals surface area contributed by atoms with E-state index >= 15 is 0 Å². The molecule has 1 aromatic rings. The molecule has 2 atom stereocenters. The van der Waals surface area contributed by atoms with Crippen molar-refractivity contribution in [3.8, 4) is 0 Å². The first kappa shape index (κ1) is 17.2. The van der Waals surface area contributed by atoms with Crippen LogP contribution in [0, 0.1) is 0 Å². The molecule has 1 heterocycles.